The van der Waals surface area contributed by atoms with E-state index in [2.05, 4.69) is 27.7 Å². The molecule has 0 bridgehead atoms. The maximum absolute atomic E-state index is 6.16. The number of hydrogen-bond acceptors (Lipinski definition) is 6. The first-order valence-electron chi connectivity index (χ1n) is 13.4. The van der Waals surface area contributed by atoms with Crippen molar-refractivity contribution in [2.24, 2.45) is 0 Å². The fraction of sp³-hybridized carbons (Fsp3) is 0.182. The van der Waals surface area contributed by atoms with E-state index in [1.54, 1.807) is 0 Å². The summed E-state index contributed by atoms with van der Waals surface area (Å²) in [6, 6.07) is 35.5. The molecule has 1 aliphatic heterocycles. The fourth-order valence-electron chi connectivity index (χ4n) is 4.42. The van der Waals surface area contributed by atoms with Gasteiger partial charge in [0.15, 0.2) is 17.5 Å². The summed E-state index contributed by atoms with van der Waals surface area (Å²) in [5.74, 6) is 3.31. The van der Waals surface area contributed by atoms with Gasteiger partial charge in [-0.2, -0.15) is 0 Å². The van der Waals surface area contributed by atoms with Crippen LogP contribution in [-0.4, -0.2) is 33.3 Å². The van der Waals surface area contributed by atoms with E-state index in [4.69, 9.17) is 29.0 Å². The molecule has 1 saturated heterocycles. The molecule has 7 heteroatoms. The Morgan fingerprint density at radius 1 is 0.500 bits per heavy atom. The van der Waals surface area contributed by atoms with Gasteiger partial charge >= 0.3 is 7.12 Å². The fourth-order valence-corrected chi connectivity index (χ4v) is 4.42. The zero-order chi connectivity index (χ0) is 27.7. The van der Waals surface area contributed by atoms with E-state index >= 15 is 0 Å². The van der Waals surface area contributed by atoms with Gasteiger partial charge in [0.05, 0.1) is 11.2 Å². The van der Waals surface area contributed by atoms with Crippen LogP contribution in [0.1, 0.15) is 27.7 Å². The first-order valence-corrected chi connectivity index (χ1v) is 13.4. The Morgan fingerprint density at radius 3 is 1.30 bits per heavy atom. The van der Waals surface area contributed by atoms with E-state index in [1.165, 1.54) is 0 Å². The molecule has 0 saturated carbocycles. The first kappa shape index (κ1) is 25.9. The molecule has 1 fully saturated rings. The molecule has 6 nitrogen and oxygen atoms in total. The summed E-state index contributed by atoms with van der Waals surface area (Å²) in [6.45, 7) is 8.21. The lowest BCUT2D eigenvalue weighted by Gasteiger charge is -2.32. The topological polar surface area (TPSA) is 66.4 Å². The minimum atomic E-state index is -0.403. The zero-order valence-electron chi connectivity index (χ0n) is 23.0. The van der Waals surface area contributed by atoms with Gasteiger partial charge in [-0.3, -0.25) is 0 Å². The van der Waals surface area contributed by atoms with Crippen molar-refractivity contribution in [1.82, 2.24) is 15.0 Å². The standard InChI is InChI=1S/C33H30BN3O3/c1-32(2)33(3,4)40-34(39-32)26-17-21-28(22-18-26)38-27-19-15-25(16-20-27)31-36-29(23-11-7-5-8-12-23)35-30(37-31)24-13-9-6-10-14-24/h5-22H,1-4H3. The second-order valence-corrected chi connectivity index (χ2v) is 10.8. The Bertz CT molecular complexity index is 1530. The quantitative estimate of drug-likeness (QED) is 0.222. The van der Waals surface area contributed by atoms with Crippen LogP contribution >= 0.6 is 0 Å². The van der Waals surface area contributed by atoms with Gasteiger partial charge in [0.2, 0.25) is 0 Å². The molecular weight excluding hydrogens is 497 g/mol. The van der Waals surface area contributed by atoms with Crippen LogP contribution in [-0.2, 0) is 9.31 Å². The molecule has 4 aromatic carbocycles. The second kappa shape index (κ2) is 10.3. The Kier molecular flexibility index (Phi) is 6.70. The SMILES string of the molecule is CC1(C)OB(c2ccc(Oc3ccc(-c4nc(-c5ccccc5)nc(-c5ccccc5)n4)cc3)cc2)OC1(C)C. The lowest BCUT2D eigenvalue weighted by Crippen LogP contribution is -2.41. The third kappa shape index (κ3) is 5.26. The van der Waals surface area contributed by atoms with Crippen LogP contribution in [0.5, 0.6) is 11.5 Å². The number of ether oxygens (including phenoxy) is 1. The summed E-state index contributed by atoms with van der Waals surface area (Å²) in [5, 5.41) is 0. The molecule has 0 amide bonds. The third-order valence-corrected chi connectivity index (χ3v) is 7.45. The van der Waals surface area contributed by atoms with Gasteiger partial charge in [-0.05, 0) is 69.6 Å². The molecule has 0 spiro atoms. The summed E-state index contributed by atoms with van der Waals surface area (Å²) >= 11 is 0. The van der Waals surface area contributed by atoms with Crippen molar-refractivity contribution in [3.05, 3.63) is 109 Å². The summed E-state index contributed by atoms with van der Waals surface area (Å²) in [4.78, 5) is 14.3. The average Bonchev–Trinajstić information content (AvgIpc) is 3.20. The summed E-state index contributed by atoms with van der Waals surface area (Å²) < 4.78 is 18.4. The highest BCUT2D eigenvalue weighted by Gasteiger charge is 2.51. The molecule has 40 heavy (non-hydrogen) atoms. The van der Waals surface area contributed by atoms with Crippen molar-refractivity contribution in [1.29, 1.82) is 0 Å². The first-order chi connectivity index (χ1) is 19.3. The Hall–Kier alpha value is -4.33. The molecule has 6 rings (SSSR count). The van der Waals surface area contributed by atoms with E-state index in [9.17, 15) is 0 Å². The molecule has 198 valence electrons. The van der Waals surface area contributed by atoms with Gasteiger partial charge in [-0.25, -0.2) is 15.0 Å². The molecule has 0 aliphatic carbocycles. The molecule has 0 radical (unpaired) electrons. The molecule has 1 aromatic heterocycles. The Morgan fingerprint density at radius 2 is 0.875 bits per heavy atom. The highest BCUT2D eigenvalue weighted by molar-refractivity contribution is 6.62. The van der Waals surface area contributed by atoms with Crippen LogP contribution in [0.2, 0.25) is 0 Å². The summed E-state index contributed by atoms with van der Waals surface area (Å²) in [7, 11) is -0.403. The van der Waals surface area contributed by atoms with Gasteiger partial charge in [-0.1, -0.05) is 72.8 Å². The predicted molar refractivity (Wildman–Crippen MR) is 158 cm³/mol. The van der Waals surface area contributed by atoms with E-state index in [0.717, 1.165) is 27.9 Å². The molecule has 0 N–H and O–H groups in total. The predicted octanol–water partition coefficient (Wildman–Crippen LogP) is 6.96. The lowest BCUT2D eigenvalue weighted by atomic mass is 9.79. The van der Waals surface area contributed by atoms with Crippen LogP contribution in [0.15, 0.2) is 109 Å². The normalized spacial score (nSPS) is 15.7. The minimum Gasteiger partial charge on any atom is -0.457 e. The zero-order valence-corrected chi connectivity index (χ0v) is 23.0. The van der Waals surface area contributed by atoms with E-state index in [0.29, 0.717) is 23.2 Å². The van der Waals surface area contributed by atoms with Crippen molar-refractivity contribution >= 4 is 12.6 Å². The van der Waals surface area contributed by atoms with Gasteiger partial charge in [0.25, 0.3) is 0 Å². The van der Waals surface area contributed by atoms with Crippen molar-refractivity contribution in [3.63, 3.8) is 0 Å². The highest BCUT2D eigenvalue weighted by atomic mass is 16.7. The Labute approximate surface area is 235 Å². The molecule has 0 atom stereocenters. The van der Waals surface area contributed by atoms with Gasteiger partial charge in [0, 0.05) is 16.7 Å². The second-order valence-electron chi connectivity index (χ2n) is 10.8. The monoisotopic (exact) mass is 527 g/mol. The van der Waals surface area contributed by atoms with Crippen molar-refractivity contribution in [2.45, 2.75) is 38.9 Å². The van der Waals surface area contributed by atoms with Crippen LogP contribution in [0.25, 0.3) is 34.2 Å². The largest absolute Gasteiger partial charge is 0.494 e. The van der Waals surface area contributed by atoms with Crippen LogP contribution in [0.3, 0.4) is 0 Å². The number of aromatic nitrogens is 3. The molecule has 2 heterocycles. The number of rotatable bonds is 6. The van der Waals surface area contributed by atoms with Gasteiger partial charge in [-0.15, -0.1) is 0 Å². The van der Waals surface area contributed by atoms with E-state index < -0.39 is 7.12 Å². The van der Waals surface area contributed by atoms with Gasteiger partial charge < -0.3 is 14.0 Å². The average molecular weight is 527 g/mol. The van der Waals surface area contributed by atoms with Crippen molar-refractivity contribution in [2.75, 3.05) is 0 Å². The van der Waals surface area contributed by atoms with Crippen LogP contribution < -0.4 is 10.2 Å². The molecular formula is C33H30BN3O3. The third-order valence-electron chi connectivity index (χ3n) is 7.45. The smallest absolute Gasteiger partial charge is 0.457 e. The number of benzene rings is 4. The van der Waals surface area contributed by atoms with E-state index in [-0.39, 0.29) is 11.2 Å². The summed E-state index contributed by atoms with van der Waals surface area (Å²) in [5.41, 5.74) is 2.95. The number of nitrogens with zero attached hydrogens (tertiary/aromatic N) is 3. The Balaban J connectivity index is 1.23. The minimum absolute atomic E-state index is 0.378. The summed E-state index contributed by atoms with van der Waals surface area (Å²) in [6.07, 6.45) is 0. The maximum Gasteiger partial charge on any atom is 0.494 e. The van der Waals surface area contributed by atoms with Crippen molar-refractivity contribution in [3.8, 4) is 45.7 Å². The number of hydrogen-bond donors (Lipinski definition) is 0. The molecule has 0 unspecified atom stereocenters. The van der Waals surface area contributed by atoms with Crippen LogP contribution in [0, 0.1) is 0 Å². The van der Waals surface area contributed by atoms with Crippen molar-refractivity contribution < 1.29 is 14.0 Å². The highest BCUT2D eigenvalue weighted by Crippen LogP contribution is 2.36. The maximum atomic E-state index is 6.16. The lowest BCUT2D eigenvalue weighted by molar-refractivity contribution is 0.00578. The van der Waals surface area contributed by atoms with E-state index in [1.807, 2.05) is 109 Å². The van der Waals surface area contributed by atoms with Gasteiger partial charge in [0.1, 0.15) is 11.5 Å². The molecule has 5 aromatic rings. The van der Waals surface area contributed by atoms with Crippen LogP contribution in [0.4, 0.5) is 0 Å². The molecule has 1 aliphatic rings.